The molecular weight excluding hydrogens is 319 g/mol. The maximum absolute atomic E-state index is 11.6. The number of aromatic nitrogens is 2. The molecule has 1 N–H and O–H groups in total. The second-order valence-electron chi connectivity index (χ2n) is 4.08. The van der Waals surface area contributed by atoms with Crippen molar-refractivity contribution in [2.45, 2.75) is 6.92 Å². The van der Waals surface area contributed by atoms with Gasteiger partial charge in [-0.15, -0.1) is 0 Å². The van der Waals surface area contributed by atoms with Crippen molar-refractivity contribution >= 4 is 28.5 Å². The molecule has 0 amide bonds. The zero-order chi connectivity index (χ0) is 11.7. The van der Waals surface area contributed by atoms with Gasteiger partial charge in [-0.05, 0) is 36.6 Å². The maximum atomic E-state index is 11.6. The lowest BCUT2D eigenvalue weighted by Gasteiger charge is -2.32. The predicted molar refractivity (Wildman–Crippen MR) is 72.0 cm³/mol. The van der Waals surface area contributed by atoms with Gasteiger partial charge in [0.15, 0.2) is 0 Å². The van der Waals surface area contributed by atoms with Crippen LogP contribution in [0.15, 0.2) is 4.79 Å². The largest absolute Gasteiger partial charge is 0.340 e. The number of nitrogens with one attached hydrogen (secondary N) is 1. The third-order valence-corrected chi connectivity index (χ3v) is 4.09. The molecule has 6 heteroatoms. The highest BCUT2D eigenvalue weighted by Crippen LogP contribution is 2.11. The first kappa shape index (κ1) is 11.8. The zero-order valence-corrected chi connectivity index (χ0v) is 11.6. The van der Waals surface area contributed by atoms with Gasteiger partial charge >= 0.3 is 0 Å². The van der Waals surface area contributed by atoms with Crippen LogP contribution in [0.25, 0.3) is 0 Å². The second-order valence-corrected chi connectivity index (χ2v) is 5.16. The van der Waals surface area contributed by atoms with E-state index in [0.717, 1.165) is 31.9 Å². The molecule has 2 rings (SSSR count). The van der Waals surface area contributed by atoms with Crippen LogP contribution in [0.5, 0.6) is 0 Å². The molecule has 0 saturated carbocycles. The van der Waals surface area contributed by atoms with Crippen LogP contribution in [0.3, 0.4) is 0 Å². The summed E-state index contributed by atoms with van der Waals surface area (Å²) in [6, 6.07) is 0. The summed E-state index contributed by atoms with van der Waals surface area (Å²) in [6.07, 6.45) is 0. The zero-order valence-electron chi connectivity index (χ0n) is 9.46. The van der Waals surface area contributed by atoms with E-state index in [-0.39, 0.29) is 5.56 Å². The van der Waals surface area contributed by atoms with E-state index >= 15 is 0 Å². The summed E-state index contributed by atoms with van der Waals surface area (Å²) < 4.78 is 0.676. The summed E-state index contributed by atoms with van der Waals surface area (Å²) in [4.78, 5) is 23.3. The number of aromatic amines is 1. The standard InChI is InChI=1S/C10H15IN4O/c1-7-8(11)9(16)13-10(12-7)15-5-3-14(2)4-6-15/h3-6H2,1-2H3,(H,12,13,16). The smallest absolute Gasteiger partial charge is 0.265 e. The highest BCUT2D eigenvalue weighted by atomic mass is 127. The normalized spacial score (nSPS) is 17.8. The van der Waals surface area contributed by atoms with E-state index in [1.54, 1.807) is 0 Å². The van der Waals surface area contributed by atoms with Gasteiger partial charge in [-0.1, -0.05) is 0 Å². The lowest BCUT2D eigenvalue weighted by Crippen LogP contribution is -2.45. The topological polar surface area (TPSA) is 52.2 Å². The van der Waals surface area contributed by atoms with Crippen molar-refractivity contribution in [3.63, 3.8) is 0 Å². The quantitative estimate of drug-likeness (QED) is 0.757. The minimum Gasteiger partial charge on any atom is -0.340 e. The number of H-pyrrole nitrogens is 1. The molecule has 0 aliphatic carbocycles. The minimum absolute atomic E-state index is 0.0398. The highest BCUT2D eigenvalue weighted by molar-refractivity contribution is 14.1. The molecule has 1 fully saturated rings. The Morgan fingerprint density at radius 2 is 1.94 bits per heavy atom. The van der Waals surface area contributed by atoms with Crippen molar-refractivity contribution in [1.29, 1.82) is 0 Å². The number of nitrogens with zero attached hydrogens (tertiary/aromatic N) is 3. The van der Waals surface area contributed by atoms with E-state index in [0.29, 0.717) is 9.52 Å². The Bertz CT molecular complexity index is 437. The Balaban J connectivity index is 2.24. The van der Waals surface area contributed by atoms with Gasteiger partial charge in [0.2, 0.25) is 5.95 Å². The number of piperazine rings is 1. The van der Waals surface area contributed by atoms with E-state index in [9.17, 15) is 4.79 Å². The van der Waals surface area contributed by atoms with Gasteiger partial charge in [0.05, 0.1) is 9.26 Å². The lowest BCUT2D eigenvalue weighted by atomic mass is 10.3. The molecule has 1 aliphatic rings. The Kier molecular flexibility index (Phi) is 3.48. The van der Waals surface area contributed by atoms with Gasteiger partial charge in [-0.25, -0.2) is 4.98 Å². The van der Waals surface area contributed by atoms with E-state index < -0.39 is 0 Å². The number of halogens is 1. The third kappa shape index (κ3) is 2.37. The fourth-order valence-corrected chi connectivity index (χ4v) is 1.98. The molecule has 1 saturated heterocycles. The van der Waals surface area contributed by atoms with Crippen LogP contribution in [-0.2, 0) is 0 Å². The number of anilines is 1. The van der Waals surface area contributed by atoms with Gasteiger partial charge < -0.3 is 9.80 Å². The van der Waals surface area contributed by atoms with Crippen LogP contribution in [0.1, 0.15) is 5.69 Å². The summed E-state index contributed by atoms with van der Waals surface area (Å²) in [7, 11) is 2.10. The van der Waals surface area contributed by atoms with Gasteiger partial charge in [0, 0.05) is 26.2 Å². The molecule has 2 heterocycles. The van der Waals surface area contributed by atoms with E-state index in [2.05, 4.69) is 26.8 Å². The Labute approximate surface area is 108 Å². The van der Waals surface area contributed by atoms with Crippen molar-refractivity contribution in [3.8, 4) is 0 Å². The summed E-state index contributed by atoms with van der Waals surface area (Å²) >= 11 is 2.03. The molecule has 0 atom stereocenters. The first-order valence-electron chi connectivity index (χ1n) is 5.28. The number of likely N-dealkylation sites (N-methyl/N-ethyl adjacent to an activating group) is 1. The molecule has 0 radical (unpaired) electrons. The van der Waals surface area contributed by atoms with Crippen molar-refractivity contribution in [2.75, 3.05) is 38.1 Å². The van der Waals surface area contributed by atoms with E-state index in [1.807, 2.05) is 29.5 Å². The molecular formula is C10H15IN4O. The molecule has 0 spiro atoms. The van der Waals surface area contributed by atoms with E-state index in [1.165, 1.54) is 0 Å². The summed E-state index contributed by atoms with van der Waals surface area (Å²) in [6.45, 7) is 5.72. The van der Waals surface area contributed by atoms with Crippen LogP contribution in [-0.4, -0.2) is 48.1 Å². The van der Waals surface area contributed by atoms with Crippen LogP contribution >= 0.6 is 22.6 Å². The number of hydrogen-bond donors (Lipinski definition) is 1. The minimum atomic E-state index is -0.0398. The summed E-state index contributed by atoms with van der Waals surface area (Å²) in [5.74, 6) is 0.705. The van der Waals surface area contributed by atoms with Gasteiger partial charge in [-0.3, -0.25) is 9.78 Å². The van der Waals surface area contributed by atoms with Crippen molar-refractivity contribution in [2.24, 2.45) is 0 Å². The van der Waals surface area contributed by atoms with Crippen molar-refractivity contribution in [1.82, 2.24) is 14.9 Å². The Morgan fingerprint density at radius 1 is 1.31 bits per heavy atom. The fourth-order valence-electron chi connectivity index (χ4n) is 1.72. The number of rotatable bonds is 1. The third-order valence-electron chi connectivity index (χ3n) is 2.82. The molecule has 1 aliphatic heterocycles. The van der Waals surface area contributed by atoms with Crippen molar-refractivity contribution < 1.29 is 0 Å². The molecule has 88 valence electrons. The van der Waals surface area contributed by atoms with Crippen LogP contribution in [0, 0.1) is 10.5 Å². The van der Waals surface area contributed by atoms with Gasteiger partial charge in [0.1, 0.15) is 0 Å². The van der Waals surface area contributed by atoms with E-state index in [4.69, 9.17) is 0 Å². The first-order chi connectivity index (χ1) is 7.58. The lowest BCUT2D eigenvalue weighted by molar-refractivity contribution is 0.311. The Morgan fingerprint density at radius 3 is 2.50 bits per heavy atom. The monoisotopic (exact) mass is 334 g/mol. The Hall–Kier alpha value is -0.630. The molecule has 1 aromatic heterocycles. The molecule has 0 bridgehead atoms. The maximum Gasteiger partial charge on any atom is 0.265 e. The van der Waals surface area contributed by atoms with Gasteiger partial charge in [-0.2, -0.15) is 0 Å². The summed E-state index contributed by atoms with van der Waals surface area (Å²) in [5, 5.41) is 0. The molecule has 1 aromatic rings. The van der Waals surface area contributed by atoms with Crippen LogP contribution < -0.4 is 10.5 Å². The van der Waals surface area contributed by atoms with Crippen LogP contribution in [0.2, 0.25) is 0 Å². The van der Waals surface area contributed by atoms with Gasteiger partial charge in [0.25, 0.3) is 5.56 Å². The molecule has 0 unspecified atom stereocenters. The van der Waals surface area contributed by atoms with Crippen LogP contribution in [0.4, 0.5) is 5.95 Å². The first-order valence-corrected chi connectivity index (χ1v) is 6.35. The summed E-state index contributed by atoms with van der Waals surface area (Å²) in [5.41, 5.74) is 0.764. The highest BCUT2D eigenvalue weighted by Gasteiger charge is 2.17. The molecule has 16 heavy (non-hydrogen) atoms. The average Bonchev–Trinajstić information content (AvgIpc) is 2.26. The molecule has 5 nitrogen and oxygen atoms in total. The average molecular weight is 334 g/mol. The molecule has 0 aromatic carbocycles. The SMILES string of the molecule is Cc1nc(N2CCN(C)CC2)[nH]c(=O)c1I. The fraction of sp³-hybridized carbons (Fsp3) is 0.600. The number of aryl methyl sites for hydroxylation is 1. The second kappa shape index (κ2) is 4.70. The van der Waals surface area contributed by atoms with Crippen molar-refractivity contribution in [3.05, 3.63) is 19.6 Å². The predicted octanol–water partition coefficient (Wildman–Crippen LogP) is 0.435. The number of hydrogen-bond acceptors (Lipinski definition) is 4.